The van der Waals surface area contributed by atoms with Crippen LogP contribution in [0.3, 0.4) is 0 Å². The van der Waals surface area contributed by atoms with Crippen molar-refractivity contribution in [3.8, 4) is 11.5 Å². The first-order valence-corrected chi connectivity index (χ1v) is 7.73. The number of nitrogens with zero attached hydrogens (tertiary/aromatic N) is 1. The molecule has 23 heavy (non-hydrogen) atoms. The van der Waals surface area contributed by atoms with Crippen molar-refractivity contribution < 1.29 is 14.3 Å². The molecule has 0 aliphatic heterocycles. The molecule has 0 aliphatic carbocycles. The Morgan fingerprint density at radius 3 is 2.65 bits per heavy atom. The molecule has 1 N–H and O–H groups in total. The van der Waals surface area contributed by atoms with E-state index in [0.717, 1.165) is 15.6 Å². The Balaban J connectivity index is 2.15. The quantitative estimate of drug-likeness (QED) is 0.619. The van der Waals surface area contributed by atoms with Crippen LogP contribution in [0.15, 0.2) is 52.0 Å². The van der Waals surface area contributed by atoms with Gasteiger partial charge >= 0.3 is 0 Å². The second kappa shape index (κ2) is 8.33. The highest BCUT2D eigenvalue weighted by molar-refractivity contribution is 9.10. The van der Waals surface area contributed by atoms with Crippen LogP contribution >= 0.6 is 15.9 Å². The highest BCUT2D eigenvalue weighted by atomic mass is 79.9. The van der Waals surface area contributed by atoms with Crippen LogP contribution in [-0.4, -0.2) is 19.2 Å². The van der Waals surface area contributed by atoms with E-state index in [2.05, 4.69) is 26.5 Å². The molecule has 6 heteroatoms. The van der Waals surface area contributed by atoms with Crippen molar-refractivity contribution in [1.82, 2.24) is 5.43 Å². The van der Waals surface area contributed by atoms with Crippen molar-refractivity contribution in [3.05, 3.63) is 58.1 Å². The lowest BCUT2D eigenvalue weighted by molar-refractivity contribution is -0.118. The van der Waals surface area contributed by atoms with Gasteiger partial charge < -0.3 is 9.47 Å². The average molecular weight is 377 g/mol. The summed E-state index contributed by atoms with van der Waals surface area (Å²) >= 11 is 3.46. The maximum absolute atomic E-state index is 10.8. The molecule has 0 saturated heterocycles. The summed E-state index contributed by atoms with van der Waals surface area (Å²) in [5.41, 5.74) is 4.20. The Kier molecular flexibility index (Phi) is 6.17. The van der Waals surface area contributed by atoms with Crippen molar-refractivity contribution in [2.75, 3.05) is 7.11 Å². The third-order valence-electron chi connectivity index (χ3n) is 2.95. The first-order chi connectivity index (χ1) is 11.1. The second-order valence-corrected chi connectivity index (χ2v) is 5.58. The lowest BCUT2D eigenvalue weighted by Gasteiger charge is -2.12. The number of carbonyl (C=O) groups excluding carboxylic acids is 1. The zero-order chi connectivity index (χ0) is 16.7. The summed E-state index contributed by atoms with van der Waals surface area (Å²) in [5.74, 6) is 0.987. The molecular weight excluding hydrogens is 360 g/mol. The van der Waals surface area contributed by atoms with Gasteiger partial charge in [0, 0.05) is 17.0 Å². The van der Waals surface area contributed by atoms with Crippen molar-refractivity contribution in [2.45, 2.75) is 13.5 Å². The topological polar surface area (TPSA) is 59.9 Å². The number of ether oxygens (including phenoxy) is 2. The first kappa shape index (κ1) is 17.0. The summed E-state index contributed by atoms with van der Waals surface area (Å²) in [5, 5.41) is 3.85. The Morgan fingerprint density at radius 1 is 1.26 bits per heavy atom. The number of amides is 1. The molecule has 0 atom stereocenters. The summed E-state index contributed by atoms with van der Waals surface area (Å²) in [6.07, 6.45) is 1.54. The van der Waals surface area contributed by atoms with E-state index >= 15 is 0 Å². The normalized spacial score (nSPS) is 10.6. The average Bonchev–Trinajstić information content (AvgIpc) is 2.55. The second-order valence-electron chi connectivity index (χ2n) is 4.73. The van der Waals surface area contributed by atoms with Crippen molar-refractivity contribution in [3.63, 3.8) is 0 Å². The highest BCUT2D eigenvalue weighted by Crippen LogP contribution is 2.33. The molecule has 0 saturated carbocycles. The van der Waals surface area contributed by atoms with Gasteiger partial charge in [0.05, 0.1) is 13.3 Å². The third kappa shape index (κ3) is 5.10. The molecule has 1 amide bonds. The monoisotopic (exact) mass is 376 g/mol. The number of hydrazone groups is 1. The van der Waals surface area contributed by atoms with E-state index in [1.165, 1.54) is 13.1 Å². The SMILES string of the molecule is COc1cc(C=NNC(C)=O)c(Br)cc1OCc1ccccc1. The minimum absolute atomic E-state index is 0.229. The molecule has 120 valence electrons. The maximum atomic E-state index is 10.8. The fourth-order valence-corrected chi connectivity index (χ4v) is 2.27. The van der Waals surface area contributed by atoms with Crippen LogP contribution in [0.5, 0.6) is 11.5 Å². The maximum Gasteiger partial charge on any atom is 0.236 e. The van der Waals surface area contributed by atoms with Gasteiger partial charge in [0.2, 0.25) is 5.91 Å². The minimum Gasteiger partial charge on any atom is -0.493 e. The van der Waals surface area contributed by atoms with Crippen LogP contribution in [0, 0.1) is 0 Å². The van der Waals surface area contributed by atoms with Crippen LogP contribution in [0.1, 0.15) is 18.1 Å². The van der Waals surface area contributed by atoms with E-state index in [9.17, 15) is 4.79 Å². The predicted octanol–water partition coefficient (Wildman–Crippen LogP) is 3.51. The molecule has 2 rings (SSSR count). The molecule has 5 nitrogen and oxygen atoms in total. The molecule has 2 aromatic rings. The Labute approximate surface area is 143 Å². The molecule has 0 radical (unpaired) electrons. The van der Waals surface area contributed by atoms with Crippen LogP contribution in [0.25, 0.3) is 0 Å². The summed E-state index contributed by atoms with van der Waals surface area (Å²) < 4.78 is 12.0. The Bertz CT molecular complexity index is 702. The third-order valence-corrected chi connectivity index (χ3v) is 3.63. The number of carbonyl (C=O) groups is 1. The minimum atomic E-state index is -0.229. The molecule has 0 unspecified atom stereocenters. The lowest BCUT2D eigenvalue weighted by Crippen LogP contribution is -2.12. The Morgan fingerprint density at radius 2 is 2.00 bits per heavy atom. The number of benzene rings is 2. The predicted molar refractivity (Wildman–Crippen MR) is 92.9 cm³/mol. The molecule has 0 heterocycles. The van der Waals surface area contributed by atoms with Gasteiger partial charge in [-0.1, -0.05) is 30.3 Å². The fraction of sp³-hybridized carbons (Fsp3) is 0.176. The summed E-state index contributed by atoms with van der Waals surface area (Å²) in [6.45, 7) is 1.84. The molecule has 0 aromatic heterocycles. The first-order valence-electron chi connectivity index (χ1n) is 6.94. The van der Waals surface area contributed by atoms with Crippen molar-refractivity contribution >= 4 is 28.1 Å². The van der Waals surface area contributed by atoms with Crippen LogP contribution in [0.2, 0.25) is 0 Å². The molecule has 0 spiro atoms. The Hall–Kier alpha value is -2.34. The number of nitrogens with one attached hydrogen (secondary N) is 1. The van der Waals surface area contributed by atoms with E-state index in [1.54, 1.807) is 13.2 Å². The van der Waals surface area contributed by atoms with Gasteiger partial charge in [-0.15, -0.1) is 0 Å². The van der Waals surface area contributed by atoms with E-state index in [1.807, 2.05) is 36.4 Å². The summed E-state index contributed by atoms with van der Waals surface area (Å²) in [6, 6.07) is 13.5. The van der Waals surface area contributed by atoms with Gasteiger partial charge in [0.1, 0.15) is 6.61 Å². The zero-order valence-corrected chi connectivity index (χ0v) is 14.5. The van der Waals surface area contributed by atoms with E-state index in [0.29, 0.717) is 18.1 Å². The van der Waals surface area contributed by atoms with Gasteiger partial charge in [-0.25, -0.2) is 5.43 Å². The lowest BCUT2D eigenvalue weighted by atomic mass is 10.2. The molecule has 0 fully saturated rings. The van der Waals surface area contributed by atoms with Gasteiger partial charge in [-0.3, -0.25) is 4.79 Å². The molecule has 2 aromatic carbocycles. The summed E-state index contributed by atoms with van der Waals surface area (Å²) in [4.78, 5) is 10.8. The van der Waals surface area contributed by atoms with E-state index in [4.69, 9.17) is 9.47 Å². The fourth-order valence-electron chi connectivity index (χ4n) is 1.85. The molecule has 0 aliphatic rings. The van der Waals surface area contributed by atoms with E-state index in [-0.39, 0.29) is 5.91 Å². The van der Waals surface area contributed by atoms with Gasteiger partial charge in [0.25, 0.3) is 0 Å². The number of hydrogen-bond acceptors (Lipinski definition) is 4. The van der Waals surface area contributed by atoms with Crippen molar-refractivity contribution in [2.24, 2.45) is 5.10 Å². The smallest absolute Gasteiger partial charge is 0.236 e. The van der Waals surface area contributed by atoms with Gasteiger partial charge in [-0.2, -0.15) is 5.10 Å². The van der Waals surface area contributed by atoms with Gasteiger partial charge in [-0.05, 0) is 33.6 Å². The van der Waals surface area contributed by atoms with E-state index < -0.39 is 0 Å². The molecule has 0 bridgehead atoms. The zero-order valence-electron chi connectivity index (χ0n) is 12.9. The van der Waals surface area contributed by atoms with Crippen LogP contribution in [-0.2, 0) is 11.4 Å². The van der Waals surface area contributed by atoms with Crippen molar-refractivity contribution in [1.29, 1.82) is 0 Å². The highest BCUT2D eigenvalue weighted by Gasteiger charge is 2.09. The number of methoxy groups -OCH3 is 1. The van der Waals surface area contributed by atoms with Crippen LogP contribution in [0.4, 0.5) is 0 Å². The largest absolute Gasteiger partial charge is 0.493 e. The number of halogens is 1. The molecular formula is C17H17BrN2O3. The number of hydrogen-bond donors (Lipinski definition) is 1. The number of rotatable bonds is 6. The van der Waals surface area contributed by atoms with Gasteiger partial charge in [0.15, 0.2) is 11.5 Å². The summed E-state index contributed by atoms with van der Waals surface area (Å²) in [7, 11) is 1.58. The standard InChI is InChI=1S/C17H17BrN2O3/c1-12(21)20-19-10-14-8-16(22-2)17(9-15(14)18)23-11-13-6-4-3-5-7-13/h3-10H,11H2,1-2H3,(H,20,21). The van der Waals surface area contributed by atoms with Crippen LogP contribution < -0.4 is 14.9 Å².